The van der Waals surface area contributed by atoms with Gasteiger partial charge in [0.1, 0.15) is 0 Å². The molecule has 6 nitrogen and oxygen atoms in total. The molecular formula is C10H9NO5. The molecule has 0 atom stereocenters. The molecule has 0 bridgehead atoms. The fourth-order valence-corrected chi connectivity index (χ4v) is 1.16. The Hall–Kier alpha value is -2.24. The molecule has 0 radical (unpaired) electrons. The van der Waals surface area contributed by atoms with Gasteiger partial charge in [0.2, 0.25) is 0 Å². The number of carbonyl (C=O) groups is 2. The zero-order valence-electron chi connectivity index (χ0n) is 8.25. The first-order chi connectivity index (χ1) is 7.50. The molecule has 1 rings (SSSR count). The summed E-state index contributed by atoms with van der Waals surface area (Å²) in [7, 11) is 0. The summed E-state index contributed by atoms with van der Waals surface area (Å²) in [6.07, 6.45) is -0.433. The predicted molar refractivity (Wildman–Crippen MR) is 54.3 cm³/mol. The number of rotatable bonds is 5. The number of hydrogen-bond acceptors (Lipinski definition) is 4. The molecule has 1 aromatic rings. The number of nitro benzene ring substituents is 1. The highest BCUT2D eigenvalue weighted by atomic mass is 16.6. The van der Waals surface area contributed by atoms with E-state index in [0.29, 0.717) is 0 Å². The summed E-state index contributed by atoms with van der Waals surface area (Å²) in [5, 5.41) is 18.8. The van der Waals surface area contributed by atoms with Crippen molar-refractivity contribution in [3.8, 4) is 0 Å². The number of carboxylic acids is 1. The molecule has 16 heavy (non-hydrogen) atoms. The highest BCUT2D eigenvalue weighted by Gasteiger charge is 2.12. The lowest BCUT2D eigenvalue weighted by atomic mass is 10.1. The fourth-order valence-electron chi connectivity index (χ4n) is 1.16. The SMILES string of the molecule is O=C(O)CCC(=O)c1cccc([N+](=O)[O-])c1. The molecule has 0 spiro atoms. The Morgan fingerprint density at radius 3 is 2.56 bits per heavy atom. The minimum absolute atomic E-state index is 0.156. The van der Waals surface area contributed by atoms with E-state index in [1.165, 1.54) is 18.2 Å². The van der Waals surface area contributed by atoms with Crippen LogP contribution in [-0.4, -0.2) is 21.8 Å². The zero-order valence-corrected chi connectivity index (χ0v) is 8.25. The number of ketones is 1. The Morgan fingerprint density at radius 1 is 1.31 bits per heavy atom. The average molecular weight is 223 g/mol. The van der Waals surface area contributed by atoms with Crippen molar-refractivity contribution in [2.24, 2.45) is 0 Å². The molecule has 1 aromatic carbocycles. The van der Waals surface area contributed by atoms with E-state index >= 15 is 0 Å². The number of nitrogens with zero attached hydrogens (tertiary/aromatic N) is 1. The number of carbonyl (C=O) groups excluding carboxylic acids is 1. The molecular weight excluding hydrogens is 214 g/mol. The molecule has 6 heteroatoms. The molecule has 0 fully saturated rings. The second kappa shape index (κ2) is 5.01. The lowest BCUT2D eigenvalue weighted by molar-refractivity contribution is -0.384. The molecule has 0 saturated heterocycles. The first kappa shape index (κ1) is 11.8. The van der Waals surface area contributed by atoms with E-state index in [9.17, 15) is 19.7 Å². The Kier molecular flexibility index (Phi) is 3.71. The standard InChI is InChI=1S/C10H9NO5/c12-9(4-5-10(13)14)7-2-1-3-8(6-7)11(15)16/h1-3,6H,4-5H2,(H,13,14). The molecule has 0 aliphatic heterocycles. The van der Waals surface area contributed by atoms with Gasteiger partial charge in [-0.25, -0.2) is 0 Å². The van der Waals surface area contributed by atoms with Crippen molar-refractivity contribution in [3.05, 3.63) is 39.9 Å². The predicted octanol–water partition coefficient (Wildman–Crippen LogP) is 1.64. The smallest absolute Gasteiger partial charge is 0.303 e. The second-order valence-corrected chi connectivity index (χ2v) is 3.12. The summed E-state index contributed by atoms with van der Waals surface area (Å²) < 4.78 is 0. The van der Waals surface area contributed by atoms with Gasteiger partial charge in [0.15, 0.2) is 5.78 Å². The Labute approximate surface area is 90.7 Å². The molecule has 84 valence electrons. The van der Waals surface area contributed by atoms with Crippen LogP contribution in [0.4, 0.5) is 5.69 Å². The number of nitro groups is 1. The van der Waals surface area contributed by atoms with Crippen molar-refractivity contribution in [2.75, 3.05) is 0 Å². The molecule has 0 unspecified atom stereocenters. The van der Waals surface area contributed by atoms with Gasteiger partial charge in [0, 0.05) is 24.1 Å². The van der Waals surface area contributed by atoms with Crippen molar-refractivity contribution in [2.45, 2.75) is 12.8 Å². The van der Waals surface area contributed by atoms with Crippen LogP contribution in [0.1, 0.15) is 23.2 Å². The molecule has 0 amide bonds. The highest BCUT2D eigenvalue weighted by molar-refractivity contribution is 5.97. The van der Waals surface area contributed by atoms with Gasteiger partial charge in [-0.15, -0.1) is 0 Å². The van der Waals surface area contributed by atoms with Crippen molar-refractivity contribution in [1.82, 2.24) is 0 Å². The van der Waals surface area contributed by atoms with E-state index in [1.54, 1.807) is 0 Å². The van der Waals surface area contributed by atoms with Gasteiger partial charge in [-0.05, 0) is 0 Å². The molecule has 0 heterocycles. The van der Waals surface area contributed by atoms with Gasteiger partial charge in [0.25, 0.3) is 5.69 Å². The lowest BCUT2D eigenvalue weighted by Crippen LogP contribution is -2.04. The Morgan fingerprint density at radius 2 is 2.00 bits per heavy atom. The molecule has 0 aromatic heterocycles. The summed E-state index contributed by atoms with van der Waals surface area (Å²) in [5.74, 6) is -1.48. The number of Topliss-reactive ketones (excluding diaryl/α,β-unsaturated/α-hetero) is 1. The largest absolute Gasteiger partial charge is 0.481 e. The van der Waals surface area contributed by atoms with Crippen molar-refractivity contribution >= 4 is 17.4 Å². The monoisotopic (exact) mass is 223 g/mol. The third kappa shape index (κ3) is 3.16. The maximum atomic E-state index is 11.4. The minimum Gasteiger partial charge on any atom is -0.481 e. The minimum atomic E-state index is -1.07. The maximum Gasteiger partial charge on any atom is 0.303 e. The van der Waals surface area contributed by atoms with Crippen LogP contribution in [0.3, 0.4) is 0 Å². The molecule has 0 aliphatic rings. The zero-order chi connectivity index (χ0) is 12.1. The van der Waals surface area contributed by atoms with Crippen LogP contribution in [0, 0.1) is 10.1 Å². The van der Waals surface area contributed by atoms with Crippen LogP contribution >= 0.6 is 0 Å². The van der Waals surface area contributed by atoms with Crippen LogP contribution in [0.15, 0.2) is 24.3 Å². The van der Waals surface area contributed by atoms with Gasteiger partial charge in [0.05, 0.1) is 11.3 Å². The fraction of sp³-hybridized carbons (Fsp3) is 0.200. The van der Waals surface area contributed by atoms with Gasteiger partial charge >= 0.3 is 5.97 Å². The number of hydrogen-bond donors (Lipinski definition) is 1. The van der Waals surface area contributed by atoms with Gasteiger partial charge < -0.3 is 5.11 Å². The topological polar surface area (TPSA) is 97.5 Å². The lowest BCUT2D eigenvalue weighted by Gasteiger charge is -1.98. The van der Waals surface area contributed by atoms with E-state index in [4.69, 9.17) is 5.11 Å². The summed E-state index contributed by atoms with van der Waals surface area (Å²) in [5.41, 5.74) is -0.0170. The highest BCUT2D eigenvalue weighted by Crippen LogP contribution is 2.14. The van der Waals surface area contributed by atoms with Crippen LogP contribution in [0.25, 0.3) is 0 Å². The third-order valence-electron chi connectivity index (χ3n) is 1.94. The van der Waals surface area contributed by atoms with Crippen molar-refractivity contribution < 1.29 is 19.6 Å². The molecule has 0 saturated carbocycles. The Bertz CT molecular complexity index is 441. The summed E-state index contributed by atoms with van der Waals surface area (Å²) in [4.78, 5) is 31.5. The van der Waals surface area contributed by atoms with Gasteiger partial charge in [-0.3, -0.25) is 19.7 Å². The van der Waals surface area contributed by atoms with Crippen LogP contribution in [-0.2, 0) is 4.79 Å². The van der Waals surface area contributed by atoms with Crippen LogP contribution in [0.2, 0.25) is 0 Å². The van der Waals surface area contributed by atoms with Crippen molar-refractivity contribution in [3.63, 3.8) is 0 Å². The maximum absolute atomic E-state index is 11.4. The number of benzene rings is 1. The van der Waals surface area contributed by atoms with Gasteiger partial charge in [-0.2, -0.15) is 0 Å². The third-order valence-corrected chi connectivity index (χ3v) is 1.94. The summed E-state index contributed by atoms with van der Waals surface area (Å²) >= 11 is 0. The van der Waals surface area contributed by atoms with Crippen molar-refractivity contribution in [1.29, 1.82) is 0 Å². The molecule has 0 aliphatic carbocycles. The first-order valence-corrected chi connectivity index (χ1v) is 4.50. The van der Waals surface area contributed by atoms with Crippen LogP contribution < -0.4 is 0 Å². The van der Waals surface area contributed by atoms with Crippen LogP contribution in [0.5, 0.6) is 0 Å². The molecule has 1 N–H and O–H groups in total. The Balaban J connectivity index is 2.79. The number of carboxylic acid groups (broad SMARTS) is 1. The van der Waals surface area contributed by atoms with E-state index in [0.717, 1.165) is 6.07 Å². The summed E-state index contributed by atoms with van der Waals surface area (Å²) in [6, 6.07) is 5.24. The number of aliphatic carboxylic acids is 1. The second-order valence-electron chi connectivity index (χ2n) is 3.12. The number of non-ortho nitro benzene ring substituents is 1. The summed E-state index contributed by atoms with van der Waals surface area (Å²) in [6.45, 7) is 0. The quantitative estimate of drug-likeness (QED) is 0.464. The van der Waals surface area contributed by atoms with E-state index in [1.807, 2.05) is 0 Å². The average Bonchev–Trinajstić information content (AvgIpc) is 2.26. The normalized spacial score (nSPS) is 9.75. The van der Waals surface area contributed by atoms with Gasteiger partial charge in [-0.1, -0.05) is 12.1 Å². The first-order valence-electron chi connectivity index (χ1n) is 4.50. The van der Waals surface area contributed by atoms with E-state index < -0.39 is 16.7 Å². The van der Waals surface area contributed by atoms with E-state index in [-0.39, 0.29) is 24.1 Å². The van der Waals surface area contributed by atoms with E-state index in [2.05, 4.69) is 0 Å².